The molecule has 0 N–H and O–H groups in total. The van der Waals surface area contributed by atoms with Crippen LogP contribution in [0.15, 0.2) is 15.4 Å². The number of fused-ring (bicyclic) bond motifs is 1. The molecule has 4 nitrogen and oxygen atoms in total. The highest BCUT2D eigenvalue weighted by Crippen LogP contribution is 2.23. The summed E-state index contributed by atoms with van der Waals surface area (Å²) in [5, 5.41) is 3.87. The molecule has 2 heterocycles. The molecule has 0 aromatic carbocycles. The molecule has 0 fully saturated rings. The number of nitrogens with zero attached hydrogens (tertiary/aromatic N) is 2. The zero-order valence-electron chi connectivity index (χ0n) is 10.4. The maximum Gasteiger partial charge on any atom is 0.307 e. The molecule has 5 heteroatoms. The third kappa shape index (κ3) is 2.14. The van der Waals surface area contributed by atoms with Gasteiger partial charge in [0.2, 0.25) is 0 Å². The van der Waals surface area contributed by atoms with E-state index in [-0.39, 0.29) is 4.87 Å². The Morgan fingerprint density at radius 2 is 2.22 bits per heavy atom. The molecule has 0 radical (unpaired) electrons. The van der Waals surface area contributed by atoms with Crippen LogP contribution in [0.1, 0.15) is 41.3 Å². The molecular weight excluding hydrogens is 248 g/mol. The van der Waals surface area contributed by atoms with Crippen molar-refractivity contribution in [3.05, 3.63) is 37.8 Å². The molecule has 1 aliphatic carbocycles. The van der Waals surface area contributed by atoms with Gasteiger partial charge in [0.05, 0.1) is 12.2 Å². The molecule has 0 unspecified atom stereocenters. The van der Waals surface area contributed by atoms with E-state index in [1.807, 2.05) is 17.6 Å². The number of aryl methyl sites for hydroxylation is 2. The molecule has 18 heavy (non-hydrogen) atoms. The van der Waals surface area contributed by atoms with Crippen LogP contribution < -0.4 is 4.87 Å². The highest BCUT2D eigenvalue weighted by atomic mass is 32.1. The number of aromatic nitrogens is 2. The lowest BCUT2D eigenvalue weighted by molar-refractivity contribution is 0.371. The standard InChI is InChI=1S/C13H16N2O2S/c1-9-7-10(17-14-9)8-15-11-5-3-2-4-6-12(11)18-13(15)16/h7H,2-6,8H2,1H3. The Balaban J connectivity index is 1.96. The van der Waals surface area contributed by atoms with Crippen LogP contribution in [0.5, 0.6) is 0 Å². The summed E-state index contributed by atoms with van der Waals surface area (Å²) in [4.78, 5) is 13.5. The Hall–Kier alpha value is -1.36. The fourth-order valence-corrected chi connectivity index (χ4v) is 3.58. The maximum absolute atomic E-state index is 12.0. The molecule has 0 saturated heterocycles. The first-order valence-corrected chi connectivity index (χ1v) is 7.19. The van der Waals surface area contributed by atoms with Crippen LogP contribution in [0.4, 0.5) is 0 Å². The second-order valence-electron chi connectivity index (χ2n) is 4.82. The molecule has 0 saturated carbocycles. The number of thiazole rings is 1. The van der Waals surface area contributed by atoms with Crippen molar-refractivity contribution >= 4 is 11.3 Å². The third-order valence-electron chi connectivity index (χ3n) is 3.39. The van der Waals surface area contributed by atoms with Crippen molar-refractivity contribution in [3.8, 4) is 0 Å². The second kappa shape index (κ2) is 4.72. The monoisotopic (exact) mass is 264 g/mol. The first-order valence-electron chi connectivity index (χ1n) is 6.37. The fraction of sp³-hybridized carbons (Fsp3) is 0.538. The van der Waals surface area contributed by atoms with E-state index >= 15 is 0 Å². The molecule has 2 aromatic rings. The Morgan fingerprint density at radius 3 is 3.00 bits per heavy atom. The first kappa shape index (κ1) is 11.7. The van der Waals surface area contributed by atoms with E-state index < -0.39 is 0 Å². The van der Waals surface area contributed by atoms with E-state index in [0.717, 1.165) is 24.3 Å². The van der Waals surface area contributed by atoms with Gasteiger partial charge in [-0.1, -0.05) is 22.9 Å². The van der Waals surface area contributed by atoms with Crippen LogP contribution in [0.3, 0.4) is 0 Å². The molecule has 0 amide bonds. The van der Waals surface area contributed by atoms with Gasteiger partial charge in [-0.3, -0.25) is 9.36 Å². The van der Waals surface area contributed by atoms with Gasteiger partial charge in [-0.25, -0.2) is 0 Å². The van der Waals surface area contributed by atoms with Gasteiger partial charge in [-0.05, 0) is 32.6 Å². The van der Waals surface area contributed by atoms with Gasteiger partial charge in [0.1, 0.15) is 0 Å². The second-order valence-corrected chi connectivity index (χ2v) is 5.87. The van der Waals surface area contributed by atoms with E-state index in [0.29, 0.717) is 6.54 Å². The SMILES string of the molecule is Cc1cc(Cn2c3c(sc2=O)CCCCC3)on1. The number of hydrogen-bond acceptors (Lipinski definition) is 4. The van der Waals surface area contributed by atoms with Crippen molar-refractivity contribution in [2.45, 2.75) is 45.6 Å². The molecule has 0 spiro atoms. The summed E-state index contributed by atoms with van der Waals surface area (Å²) >= 11 is 1.40. The van der Waals surface area contributed by atoms with Gasteiger partial charge in [-0.15, -0.1) is 0 Å². The highest BCUT2D eigenvalue weighted by Gasteiger charge is 2.18. The smallest absolute Gasteiger partial charge is 0.307 e. The Labute approximate surface area is 109 Å². The van der Waals surface area contributed by atoms with Crippen LogP contribution in [0.2, 0.25) is 0 Å². The van der Waals surface area contributed by atoms with Crippen molar-refractivity contribution in [3.63, 3.8) is 0 Å². The van der Waals surface area contributed by atoms with Crippen LogP contribution in [-0.2, 0) is 19.4 Å². The molecule has 96 valence electrons. The summed E-state index contributed by atoms with van der Waals surface area (Å²) in [7, 11) is 0. The largest absolute Gasteiger partial charge is 0.359 e. The normalized spacial score (nSPS) is 15.4. The first-order chi connectivity index (χ1) is 8.74. The predicted octanol–water partition coefficient (Wildman–Crippen LogP) is 2.52. The number of hydrogen-bond donors (Lipinski definition) is 0. The van der Waals surface area contributed by atoms with Crippen LogP contribution in [-0.4, -0.2) is 9.72 Å². The summed E-state index contributed by atoms with van der Waals surface area (Å²) < 4.78 is 7.08. The topological polar surface area (TPSA) is 48.0 Å². The molecule has 0 bridgehead atoms. The minimum absolute atomic E-state index is 0.135. The van der Waals surface area contributed by atoms with Crippen molar-refractivity contribution in [2.24, 2.45) is 0 Å². The van der Waals surface area contributed by atoms with E-state index in [1.54, 1.807) is 0 Å². The van der Waals surface area contributed by atoms with Gasteiger partial charge in [0, 0.05) is 16.6 Å². The Bertz CT molecular complexity index is 609. The predicted molar refractivity (Wildman–Crippen MR) is 70.2 cm³/mol. The van der Waals surface area contributed by atoms with Gasteiger partial charge >= 0.3 is 4.87 Å². The molecule has 0 atom stereocenters. The van der Waals surface area contributed by atoms with Gasteiger partial charge in [0.15, 0.2) is 5.76 Å². The summed E-state index contributed by atoms with van der Waals surface area (Å²) in [5.74, 6) is 0.763. The minimum Gasteiger partial charge on any atom is -0.359 e. The zero-order valence-corrected chi connectivity index (χ0v) is 11.3. The summed E-state index contributed by atoms with van der Waals surface area (Å²) in [6, 6.07) is 1.90. The third-order valence-corrected chi connectivity index (χ3v) is 4.47. The average molecular weight is 264 g/mol. The summed E-state index contributed by atoms with van der Waals surface area (Å²) in [5.41, 5.74) is 2.08. The van der Waals surface area contributed by atoms with Gasteiger partial charge in [-0.2, -0.15) is 0 Å². The van der Waals surface area contributed by atoms with Crippen LogP contribution >= 0.6 is 11.3 Å². The zero-order chi connectivity index (χ0) is 12.5. The van der Waals surface area contributed by atoms with Crippen molar-refractivity contribution in [1.29, 1.82) is 0 Å². The lowest BCUT2D eigenvalue weighted by Crippen LogP contribution is -2.16. The Kier molecular flexibility index (Phi) is 3.07. The molecule has 1 aliphatic rings. The van der Waals surface area contributed by atoms with Crippen molar-refractivity contribution in [1.82, 2.24) is 9.72 Å². The van der Waals surface area contributed by atoms with Crippen LogP contribution in [0, 0.1) is 6.92 Å². The van der Waals surface area contributed by atoms with Gasteiger partial charge < -0.3 is 4.52 Å². The van der Waals surface area contributed by atoms with E-state index in [1.165, 1.54) is 41.2 Å². The molecular formula is C13H16N2O2S. The minimum atomic E-state index is 0.135. The molecule has 2 aromatic heterocycles. The quantitative estimate of drug-likeness (QED) is 0.783. The lowest BCUT2D eigenvalue weighted by atomic mass is 10.2. The summed E-state index contributed by atoms with van der Waals surface area (Å²) in [6.45, 7) is 2.41. The van der Waals surface area contributed by atoms with E-state index in [2.05, 4.69) is 5.16 Å². The molecule has 0 aliphatic heterocycles. The fourth-order valence-electron chi connectivity index (χ4n) is 2.51. The average Bonchev–Trinajstić information content (AvgIpc) is 2.78. The van der Waals surface area contributed by atoms with E-state index in [9.17, 15) is 4.79 Å². The highest BCUT2D eigenvalue weighted by molar-refractivity contribution is 7.09. The lowest BCUT2D eigenvalue weighted by Gasteiger charge is -2.05. The van der Waals surface area contributed by atoms with E-state index in [4.69, 9.17) is 4.52 Å². The maximum atomic E-state index is 12.0. The van der Waals surface area contributed by atoms with Crippen molar-refractivity contribution < 1.29 is 4.52 Å². The summed E-state index contributed by atoms with van der Waals surface area (Å²) in [6.07, 6.45) is 5.71. The van der Waals surface area contributed by atoms with Crippen LogP contribution in [0.25, 0.3) is 0 Å². The van der Waals surface area contributed by atoms with Crippen molar-refractivity contribution in [2.75, 3.05) is 0 Å². The Morgan fingerprint density at radius 1 is 1.39 bits per heavy atom. The van der Waals surface area contributed by atoms with Gasteiger partial charge in [0.25, 0.3) is 0 Å². The number of rotatable bonds is 2. The molecule has 3 rings (SSSR count).